The normalized spacial score (nSPS) is 25.5. The number of amides is 3. The molecule has 0 aromatic carbocycles. The maximum Gasteiger partial charge on any atom is 0.320 e. The van der Waals surface area contributed by atoms with E-state index in [0.717, 1.165) is 38.9 Å². The highest BCUT2D eigenvalue weighted by molar-refractivity contribution is 5.92. The average molecular weight is 332 g/mol. The van der Waals surface area contributed by atoms with Crippen LogP contribution in [0.25, 0.3) is 0 Å². The fraction of sp³-hybridized carbons (Fsp3) is 0.600. The van der Waals surface area contributed by atoms with Crippen LogP contribution in [0.3, 0.4) is 0 Å². The first-order valence-electron chi connectivity index (χ1n) is 8.26. The lowest BCUT2D eigenvalue weighted by Crippen LogP contribution is -2.52. The van der Waals surface area contributed by atoms with Crippen molar-refractivity contribution in [1.29, 1.82) is 0 Å². The van der Waals surface area contributed by atoms with E-state index >= 15 is 0 Å². The molecule has 128 valence electrons. The van der Waals surface area contributed by atoms with Gasteiger partial charge in [-0.3, -0.25) is 10.0 Å². The Balaban J connectivity index is 1.42. The first kappa shape index (κ1) is 15.1. The molecular weight excluding hydrogens is 312 g/mol. The Morgan fingerprint density at radius 2 is 1.83 bits per heavy atom. The molecule has 2 N–H and O–H groups in total. The molecule has 0 spiro atoms. The van der Waals surface area contributed by atoms with Crippen molar-refractivity contribution in [1.82, 2.24) is 25.2 Å². The fourth-order valence-corrected chi connectivity index (χ4v) is 3.89. The number of likely N-dealkylation sites (tertiary alicyclic amines) is 2. The maximum absolute atomic E-state index is 12.6. The van der Waals surface area contributed by atoms with Crippen molar-refractivity contribution in [3.63, 3.8) is 0 Å². The smallest absolute Gasteiger partial charge is 0.320 e. The van der Waals surface area contributed by atoms with Crippen molar-refractivity contribution in [3.8, 4) is 0 Å². The molecule has 3 saturated heterocycles. The number of piperazine rings is 1. The number of anilines is 1. The quantitative estimate of drug-likeness (QED) is 0.587. The maximum atomic E-state index is 12.6. The molecule has 3 amide bonds. The third-order valence-electron chi connectivity index (χ3n) is 5.12. The van der Waals surface area contributed by atoms with Crippen LogP contribution in [0.5, 0.6) is 0 Å². The van der Waals surface area contributed by atoms with Gasteiger partial charge < -0.3 is 14.7 Å². The lowest BCUT2D eigenvalue weighted by molar-refractivity contribution is 0.0705. The number of hydrogen-bond acceptors (Lipinski definition) is 6. The molecule has 3 fully saturated rings. The number of hydroxylamine groups is 1. The molecule has 9 heteroatoms. The fourth-order valence-electron chi connectivity index (χ4n) is 3.89. The van der Waals surface area contributed by atoms with E-state index in [-0.39, 0.29) is 23.7 Å². The summed E-state index contributed by atoms with van der Waals surface area (Å²) < 4.78 is 0. The van der Waals surface area contributed by atoms with E-state index in [2.05, 4.69) is 14.9 Å². The second-order valence-electron chi connectivity index (χ2n) is 6.54. The van der Waals surface area contributed by atoms with E-state index in [4.69, 9.17) is 5.21 Å². The summed E-state index contributed by atoms with van der Waals surface area (Å²) in [5.41, 5.74) is 1.77. The summed E-state index contributed by atoms with van der Waals surface area (Å²) in [4.78, 5) is 38.4. The molecule has 24 heavy (non-hydrogen) atoms. The Morgan fingerprint density at radius 3 is 2.42 bits per heavy atom. The van der Waals surface area contributed by atoms with Gasteiger partial charge in [-0.1, -0.05) is 0 Å². The van der Waals surface area contributed by atoms with Crippen LogP contribution in [0, 0.1) is 0 Å². The standard InChI is InChI=1S/C15H20N6O3/c22-13(18-24)10-6-16-14(17-7-10)20-8-12-5-11(20)9-21(12)15(23)19-3-1-2-4-19/h6-7,11-12,24H,1-5,8-9H2,(H,18,22). The van der Waals surface area contributed by atoms with E-state index in [1.807, 2.05) is 9.80 Å². The summed E-state index contributed by atoms with van der Waals surface area (Å²) >= 11 is 0. The highest BCUT2D eigenvalue weighted by Gasteiger charge is 2.47. The van der Waals surface area contributed by atoms with E-state index in [1.165, 1.54) is 12.4 Å². The van der Waals surface area contributed by atoms with Gasteiger partial charge in [-0.15, -0.1) is 0 Å². The zero-order valence-electron chi connectivity index (χ0n) is 13.3. The number of rotatable bonds is 2. The number of carbonyl (C=O) groups is 2. The Labute approximate surface area is 139 Å². The summed E-state index contributed by atoms with van der Waals surface area (Å²) in [5, 5.41) is 8.62. The Hall–Kier alpha value is -2.42. The molecule has 2 unspecified atom stereocenters. The molecule has 0 radical (unpaired) electrons. The van der Waals surface area contributed by atoms with Gasteiger partial charge >= 0.3 is 6.03 Å². The number of nitrogens with one attached hydrogen (secondary N) is 1. The molecule has 4 rings (SSSR count). The minimum absolute atomic E-state index is 0.163. The van der Waals surface area contributed by atoms with Crippen molar-refractivity contribution >= 4 is 17.9 Å². The predicted molar refractivity (Wildman–Crippen MR) is 83.7 cm³/mol. The third kappa shape index (κ3) is 2.44. The third-order valence-corrected chi connectivity index (χ3v) is 5.12. The molecule has 4 heterocycles. The molecule has 2 atom stereocenters. The monoisotopic (exact) mass is 332 g/mol. The first-order chi connectivity index (χ1) is 11.7. The molecule has 9 nitrogen and oxygen atoms in total. The van der Waals surface area contributed by atoms with E-state index in [1.54, 1.807) is 5.48 Å². The van der Waals surface area contributed by atoms with Crippen molar-refractivity contribution < 1.29 is 14.8 Å². The van der Waals surface area contributed by atoms with Crippen LogP contribution < -0.4 is 10.4 Å². The van der Waals surface area contributed by atoms with E-state index < -0.39 is 5.91 Å². The van der Waals surface area contributed by atoms with Crippen LogP contribution in [-0.2, 0) is 0 Å². The number of urea groups is 1. The molecule has 2 bridgehead atoms. The largest absolute Gasteiger partial charge is 0.334 e. The Morgan fingerprint density at radius 1 is 1.12 bits per heavy atom. The van der Waals surface area contributed by atoms with Crippen LogP contribution >= 0.6 is 0 Å². The van der Waals surface area contributed by atoms with Gasteiger partial charge in [0.15, 0.2) is 0 Å². The lowest BCUT2D eigenvalue weighted by Gasteiger charge is -2.36. The van der Waals surface area contributed by atoms with Gasteiger partial charge in [0.05, 0.1) is 17.6 Å². The van der Waals surface area contributed by atoms with Gasteiger partial charge in [0.2, 0.25) is 5.95 Å². The van der Waals surface area contributed by atoms with Gasteiger partial charge in [-0.25, -0.2) is 20.2 Å². The SMILES string of the molecule is O=C(NO)c1cnc(N2CC3CC2CN3C(=O)N2CCCC2)nc1. The average Bonchev–Trinajstić information content (AvgIpc) is 3.36. The van der Waals surface area contributed by atoms with Gasteiger partial charge in [0.1, 0.15) is 0 Å². The number of aromatic nitrogens is 2. The highest BCUT2D eigenvalue weighted by atomic mass is 16.5. The number of fused-ring (bicyclic) bond motifs is 2. The van der Waals surface area contributed by atoms with Crippen molar-refractivity contribution in [2.75, 3.05) is 31.1 Å². The van der Waals surface area contributed by atoms with Crippen LogP contribution in [0.15, 0.2) is 12.4 Å². The number of carbonyl (C=O) groups excluding carboxylic acids is 2. The van der Waals surface area contributed by atoms with Crippen LogP contribution in [0.1, 0.15) is 29.6 Å². The first-order valence-corrected chi connectivity index (χ1v) is 8.26. The lowest BCUT2D eigenvalue weighted by atomic mass is 10.2. The molecule has 3 aliphatic rings. The Bertz CT molecular complexity index is 645. The molecule has 1 aromatic rings. The summed E-state index contributed by atoms with van der Waals surface area (Å²) in [5.74, 6) is -0.0721. The predicted octanol–water partition coefficient (Wildman–Crippen LogP) is 0.0743. The van der Waals surface area contributed by atoms with Gasteiger partial charge in [-0.05, 0) is 19.3 Å². The number of nitrogens with zero attached hydrogens (tertiary/aromatic N) is 5. The summed E-state index contributed by atoms with van der Waals surface area (Å²) in [6, 6.07) is 0.585. The second-order valence-corrected chi connectivity index (χ2v) is 6.54. The van der Waals surface area contributed by atoms with Gasteiger partial charge in [0.25, 0.3) is 5.91 Å². The van der Waals surface area contributed by atoms with E-state index in [0.29, 0.717) is 12.5 Å². The zero-order valence-corrected chi connectivity index (χ0v) is 13.3. The van der Waals surface area contributed by atoms with Crippen LogP contribution in [0.4, 0.5) is 10.7 Å². The van der Waals surface area contributed by atoms with Crippen molar-refractivity contribution in [2.45, 2.75) is 31.3 Å². The van der Waals surface area contributed by atoms with Crippen molar-refractivity contribution in [3.05, 3.63) is 18.0 Å². The summed E-state index contributed by atoms with van der Waals surface area (Å²) in [6.07, 6.45) is 5.92. The minimum atomic E-state index is -0.633. The zero-order chi connectivity index (χ0) is 16.7. The molecular formula is C15H20N6O3. The molecule has 3 aliphatic heterocycles. The van der Waals surface area contributed by atoms with Crippen LogP contribution in [0.2, 0.25) is 0 Å². The molecule has 1 aromatic heterocycles. The Kier molecular flexibility index (Phi) is 3.72. The van der Waals surface area contributed by atoms with Crippen molar-refractivity contribution in [2.24, 2.45) is 0 Å². The topological polar surface area (TPSA) is 102 Å². The molecule has 0 saturated carbocycles. The summed E-state index contributed by atoms with van der Waals surface area (Å²) in [6.45, 7) is 3.15. The summed E-state index contributed by atoms with van der Waals surface area (Å²) in [7, 11) is 0. The van der Waals surface area contributed by atoms with Gasteiger partial charge in [-0.2, -0.15) is 0 Å². The second kappa shape index (κ2) is 5.90. The molecule has 0 aliphatic carbocycles. The van der Waals surface area contributed by atoms with Gasteiger partial charge in [0, 0.05) is 38.6 Å². The minimum Gasteiger partial charge on any atom is -0.334 e. The highest BCUT2D eigenvalue weighted by Crippen LogP contribution is 2.33. The van der Waals surface area contributed by atoms with E-state index in [9.17, 15) is 9.59 Å². The number of hydrogen-bond donors (Lipinski definition) is 2. The van der Waals surface area contributed by atoms with Crippen LogP contribution in [-0.4, -0.2) is 75.2 Å².